The molecular weight excluding hydrogens is 344 g/mol. The van der Waals surface area contributed by atoms with Crippen molar-refractivity contribution < 1.29 is 9.59 Å². The zero-order valence-corrected chi connectivity index (χ0v) is 14.8. The van der Waals surface area contributed by atoms with E-state index in [1.54, 1.807) is 0 Å². The van der Waals surface area contributed by atoms with E-state index in [4.69, 9.17) is 0 Å². The van der Waals surface area contributed by atoms with Crippen LogP contribution in [0.3, 0.4) is 0 Å². The average molecular weight is 360 g/mol. The standard InChI is InChI=1S/C21H16N2O2S/c24-19-17-15-11-5-1-2-6-12(11)16(14-8-4-3-7-13(14)15)18(17)20(25)23(19)21-22-9-10-26-21/h1-8,15-18H,9-10H2/t15?,16?,17-,18+. The van der Waals surface area contributed by atoms with Crippen LogP contribution in [0.15, 0.2) is 53.5 Å². The second-order valence-electron chi connectivity index (χ2n) is 7.29. The van der Waals surface area contributed by atoms with Gasteiger partial charge in [-0.2, -0.15) is 0 Å². The molecule has 2 bridgehead atoms. The van der Waals surface area contributed by atoms with Crippen molar-refractivity contribution >= 4 is 28.7 Å². The van der Waals surface area contributed by atoms with Gasteiger partial charge in [-0.1, -0.05) is 60.3 Å². The lowest BCUT2D eigenvalue weighted by Gasteiger charge is -2.45. The summed E-state index contributed by atoms with van der Waals surface area (Å²) >= 11 is 1.52. The van der Waals surface area contributed by atoms with Gasteiger partial charge in [-0.05, 0) is 22.3 Å². The first-order chi connectivity index (χ1) is 12.8. The fourth-order valence-electron chi connectivity index (χ4n) is 5.32. The summed E-state index contributed by atoms with van der Waals surface area (Å²) in [7, 11) is 0. The molecule has 2 heterocycles. The van der Waals surface area contributed by atoms with Crippen molar-refractivity contribution in [1.82, 2.24) is 4.90 Å². The van der Waals surface area contributed by atoms with E-state index in [1.165, 1.54) is 38.9 Å². The molecule has 2 aromatic rings. The highest BCUT2D eigenvalue weighted by Crippen LogP contribution is 2.61. The van der Waals surface area contributed by atoms with E-state index < -0.39 is 0 Å². The van der Waals surface area contributed by atoms with Gasteiger partial charge in [0, 0.05) is 17.6 Å². The zero-order valence-electron chi connectivity index (χ0n) is 14.0. The number of amidine groups is 1. The van der Waals surface area contributed by atoms with Gasteiger partial charge in [-0.15, -0.1) is 0 Å². The van der Waals surface area contributed by atoms with Crippen LogP contribution in [-0.4, -0.2) is 34.2 Å². The molecule has 0 radical (unpaired) electrons. The highest BCUT2D eigenvalue weighted by atomic mass is 32.2. The smallest absolute Gasteiger partial charge is 0.240 e. The molecule has 0 aromatic heterocycles. The minimum atomic E-state index is -0.304. The summed E-state index contributed by atoms with van der Waals surface area (Å²) in [4.78, 5) is 32.5. The molecule has 2 atom stereocenters. The first-order valence-electron chi connectivity index (χ1n) is 9.00. The Balaban J connectivity index is 1.59. The minimum Gasteiger partial charge on any atom is -0.274 e. The molecule has 128 valence electrons. The van der Waals surface area contributed by atoms with Crippen molar-refractivity contribution in [2.45, 2.75) is 11.8 Å². The lowest BCUT2D eigenvalue weighted by molar-refractivity contribution is -0.134. The fourth-order valence-corrected chi connectivity index (χ4v) is 6.18. The van der Waals surface area contributed by atoms with Crippen molar-refractivity contribution in [2.24, 2.45) is 16.8 Å². The van der Waals surface area contributed by atoms with Gasteiger partial charge < -0.3 is 0 Å². The maximum atomic E-state index is 13.4. The maximum absolute atomic E-state index is 13.4. The molecule has 2 amide bonds. The molecule has 0 spiro atoms. The molecular formula is C21H16N2O2S. The van der Waals surface area contributed by atoms with E-state index in [0.717, 1.165) is 5.75 Å². The Labute approximate surface area is 155 Å². The molecule has 3 aliphatic carbocycles. The van der Waals surface area contributed by atoms with E-state index in [1.807, 2.05) is 24.3 Å². The van der Waals surface area contributed by atoms with Gasteiger partial charge in [0.1, 0.15) is 0 Å². The third-order valence-electron chi connectivity index (χ3n) is 6.21. The molecule has 2 aliphatic heterocycles. The number of hydrogen-bond donors (Lipinski definition) is 0. The molecule has 0 N–H and O–H groups in total. The van der Waals surface area contributed by atoms with Crippen LogP contribution >= 0.6 is 11.8 Å². The maximum Gasteiger partial charge on any atom is 0.240 e. The highest BCUT2D eigenvalue weighted by Gasteiger charge is 2.62. The number of likely N-dealkylation sites (tertiary alicyclic amines) is 1. The summed E-state index contributed by atoms with van der Waals surface area (Å²) in [6, 6.07) is 16.6. The molecule has 1 saturated heterocycles. The number of rotatable bonds is 0. The van der Waals surface area contributed by atoms with Crippen molar-refractivity contribution in [3.05, 3.63) is 70.8 Å². The van der Waals surface area contributed by atoms with Gasteiger partial charge >= 0.3 is 0 Å². The molecule has 5 heteroatoms. The number of hydrogen-bond acceptors (Lipinski definition) is 4. The predicted octanol–water partition coefficient (Wildman–Crippen LogP) is 2.98. The Morgan fingerprint density at radius 3 is 1.65 bits per heavy atom. The second-order valence-corrected chi connectivity index (χ2v) is 8.35. The van der Waals surface area contributed by atoms with Crippen molar-refractivity contribution in [3.63, 3.8) is 0 Å². The van der Waals surface area contributed by atoms with Gasteiger partial charge in [-0.3, -0.25) is 14.6 Å². The number of amides is 2. The van der Waals surface area contributed by atoms with E-state index >= 15 is 0 Å². The molecule has 5 aliphatic rings. The van der Waals surface area contributed by atoms with Crippen LogP contribution in [0.4, 0.5) is 0 Å². The summed E-state index contributed by atoms with van der Waals surface area (Å²) in [5.41, 5.74) is 4.84. The molecule has 26 heavy (non-hydrogen) atoms. The number of aliphatic imine (C=N–C) groups is 1. The van der Waals surface area contributed by atoms with Crippen LogP contribution in [0.2, 0.25) is 0 Å². The van der Waals surface area contributed by atoms with Crippen LogP contribution in [0, 0.1) is 11.8 Å². The zero-order chi connectivity index (χ0) is 17.4. The lowest BCUT2D eigenvalue weighted by atomic mass is 9.55. The normalized spacial score (nSPS) is 30.9. The highest BCUT2D eigenvalue weighted by molar-refractivity contribution is 8.14. The van der Waals surface area contributed by atoms with Gasteiger partial charge in [0.15, 0.2) is 5.17 Å². The third kappa shape index (κ3) is 1.65. The third-order valence-corrected chi connectivity index (χ3v) is 7.17. The van der Waals surface area contributed by atoms with Gasteiger partial charge in [0.05, 0.1) is 18.4 Å². The van der Waals surface area contributed by atoms with Gasteiger partial charge in [0.2, 0.25) is 11.8 Å². The Morgan fingerprint density at radius 1 is 0.808 bits per heavy atom. The number of carbonyl (C=O) groups is 2. The number of imide groups is 1. The average Bonchev–Trinajstić information content (AvgIpc) is 3.29. The first-order valence-corrected chi connectivity index (χ1v) is 9.98. The molecule has 1 fully saturated rings. The second kappa shape index (κ2) is 5.07. The molecule has 0 unspecified atom stereocenters. The molecule has 7 rings (SSSR count). The summed E-state index contributed by atoms with van der Waals surface area (Å²) in [6.07, 6.45) is 0. The predicted molar refractivity (Wildman–Crippen MR) is 100 cm³/mol. The number of thioether (sulfide) groups is 1. The summed E-state index contributed by atoms with van der Waals surface area (Å²) < 4.78 is 0. The Morgan fingerprint density at radius 2 is 1.27 bits per heavy atom. The lowest BCUT2D eigenvalue weighted by Crippen LogP contribution is -2.41. The largest absolute Gasteiger partial charge is 0.274 e. The first kappa shape index (κ1) is 14.7. The van der Waals surface area contributed by atoms with Crippen LogP contribution in [0.1, 0.15) is 34.1 Å². The van der Waals surface area contributed by atoms with E-state index in [9.17, 15) is 9.59 Å². The van der Waals surface area contributed by atoms with E-state index in [2.05, 4.69) is 29.3 Å². The Bertz CT molecular complexity index is 899. The summed E-state index contributed by atoms with van der Waals surface area (Å²) in [5, 5.41) is 0.599. The Kier molecular flexibility index (Phi) is 2.87. The van der Waals surface area contributed by atoms with Crippen LogP contribution in [-0.2, 0) is 9.59 Å². The fraction of sp³-hybridized carbons (Fsp3) is 0.286. The number of nitrogens with zero attached hydrogens (tertiary/aromatic N) is 2. The summed E-state index contributed by atoms with van der Waals surface area (Å²) in [6.45, 7) is 0.680. The van der Waals surface area contributed by atoms with Crippen molar-refractivity contribution in [1.29, 1.82) is 0 Å². The molecule has 4 nitrogen and oxygen atoms in total. The van der Waals surface area contributed by atoms with Gasteiger partial charge in [0.25, 0.3) is 0 Å². The quantitative estimate of drug-likeness (QED) is 0.679. The minimum absolute atomic E-state index is 0.0362. The SMILES string of the molecule is O=C1[C@@H]2C3c4ccccc4C(c4ccccc43)[C@@H]2C(=O)N1C1=NCCS1. The monoisotopic (exact) mass is 360 g/mol. The summed E-state index contributed by atoms with van der Waals surface area (Å²) in [5.74, 6) is 0.0353. The van der Waals surface area contributed by atoms with Crippen LogP contribution in [0.5, 0.6) is 0 Å². The van der Waals surface area contributed by atoms with E-state index in [-0.39, 0.29) is 35.5 Å². The number of benzene rings is 2. The topological polar surface area (TPSA) is 49.7 Å². The Hall–Kier alpha value is -2.40. The van der Waals surface area contributed by atoms with E-state index in [0.29, 0.717) is 11.7 Å². The molecule has 2 aromatic carbocycles. The van der Waals surface area contributed by atoms with Crippen LogP contribution < -0.4 is 0 Å². The van der Waals surface area contributed by atoms with Crippen LogP contribution in [0.25, 0.3) is 0 Å². The van der Waals surface area contributed by atoms with Crippen molar-refractivity contribution in [2.75, 3.05) is 12.3 Å². The van der Waals surface area contributed by atoms with Gasteiger partial charge in [-0.25, -0.2) is 4.90 Å². The molecule has 0 saturated carbocycles. The van der Waals surface area contributed by atoms with Crippen molar-refractivity contribution in [3.8, 4) is 0 Å². The number of carbonyl (C=O) groups excluding carboxylic acids is 2.